The summed E-state index contributed by atoms with van der Waals surface area (Å²) >= 11 is 1.88. The number of thioether (sulfide) groups is 1. The maximum atomic E-state index is 6.15. The van der Waals surface area contributed by atoms with E-state index >= 15 is 0 Å². The summed E-state index contributed by atoms with van der Waals surface area (Å²) in [6, 6.07) is 4.32. The Morgan fingerprint density at radius 1 is 1.32 bits per heavy atom. The molecule has 2 N–H and O–H groups in total. The van der Waals surface area contributed by atoms with E-state index in [9.17, 15) is 0 Å². The van der Waals surface area contributed by atoms with E-state index in [1.807, 2.05) is 23.9 Å². The second-order valence-electron chi connectivity index (χ2n) is 5.20. The molecule has 0 spiro atoms. The molecule has 0 bridgehead atoms. The van der Waals surface area contributed by atoms with Crippen molar-refractivity contribution >= 4 is 11.8 Å². The smallest absolute Gasteiger partial charge is 0.117 e. The third kappa shape index (κ3) is 5.18. The van der Waals surface area contributed by atoms with Crippen molar-refractivity contribution in [2.45, 2.75) is 19.0 Å². The van der Waals surface area contributed by atoms with E-state index in [2.05, 4.69) is 16.1 Å². The second kappa shape index (κ2) is 7.94. The highest BCUT2D eigenvalue weighted by atomic mass is 32.2. The lowest BCUT2D eigenvalue weighted by molar-refractivity contribution is 0.116. The molecule has 1 aliphatic heterocycles. The van der Waals surface area contributed by atoms with Crippen molar-refractivity contribution in [2.24, 2.45) is 5.73 Å². The van der Waals surface area contributed by atoms with E-state index in [-0.39, 0.29) is 0 Å². The molecule has 1 atom stereocenters. The van der Waals surface area contributed by atoms with Crippen molar-refractivity contribution in [3.8, 4) is 0 Å². The first-order valence-corrected chi connectivity index (χ1v) is 8.39. The molecule has 0 amide bonds. The highest BCUT2D eigenvalue weighted by Crippen LogP contribution is 2.09. The number of furan rings is 1. The summed E-state index contributed by atoms with van der Waals surface area (Å²) in [5.74, 6) is 2.23. The molecular weight excluding hydrogens is 258 g/mol. The van der Waals surface area contributed by atoms with E-state index < -0.39 is 0 Å². The first-order valence-electron chi connectivity index (χ1n) is 6.99. The minimum absolute atomic E-state index is 0.323. The van der Waals surface area contributed by atoms with Gasteiger partial charge in [0, 0.05) is 38.8 Å². The molecule has 19 heavy (non-hydrogen) atoms. The lowest BCUT2D eigenvalue weighted by Crippen LogP contribution is -2.49. The first kappa shape index (κ1) is 14.9. The molecule has 1 fully saturated rings. The maximum Gasteiger partial charge on any atom is 0.117 e. The Morgan fingerprint density at radius 3 is 2.68 bits per heavy atom. The van der Waals surface area contributed by atoms with Crippen LogP contribution in [0.15, 0.2) is 22.8 Å². The zero-order chi connectivity index (χ0) is 13.5. The van der Waals surface area contributed by atoms with E-state index in [1.165, 1.54) is 5.75 Å². The van der Waals surface area contributed by atoms with Crippen molar-refractivity contribution in [2.75, 3.05) is 44.7 Å². The zero-order valence-corrected chi connectivity index (χ0v) is 12.6. The Labute approximate surface area is 120 Å². The monoisotopic (exact) mass is 283 g/mol. The van der Waals surface area contributed by atoms with Gasteiger partial charge in [0.2, 0.25) is 0 Å². The Kier molecular flexibility index (Phi) is 6.23. The van der Waals surface area contributed by atoms with Crippen LogP contribution in [0.2, 0.25) is 0 Å². The summed E-state index contributed by atoms with van der Waals surface area (Å²) in [6.07, 6.45) is 5.00. The van der Waals surface area contributed by atoms with E-state index in [0.717, 1.165) is 51.4 Å². The molecule has 1 aromatic rings. The van der Waals surface area contributed by atoms with Crippen molar-refractivity contribution in [3.05, 3.63) is 24.2 Å². The van der Waals surface area contributed by atoms with Crippen LogP contribution in [0.4, 0.5) is 0 Å². The van der Waals surface area contributed by atoms with Crippen LogP contribution in [0.1, 0.15) is 12.2 Å². The summed E-state index contributed by atoms with van der Waals surface area (Å²) in [4.78, 5) is 4.94. The molecule has 0 aromatic carbocycles. The van der Waals surface area contributed by atoms with Crippen LogP contribution in [-0.2, 0) is 6.54 Å². The van der Waals surface area contributed by atoms with Gasteiger partial charge in [-0.15, -0.1) is 0 Å². The van der Waals surface area contributed by atoms with Gasteiger partial charge in [-0.25, -0.2) is 0 Å². The van der Waals surface area contributed by atoms with Crippen LogP contribution in [-0.4, -0.2) is 60.6 Å². The molecule has 5 heteroatoms. The number of rotatable bonds is 7. The Hall–Kier alpha value is -0.490. The molecule has 1 aliphatic rings. The quantitative estimate of drug-likeness (QED) is 0.821. The normalized spacial score (nSPS) is 19.7. The number of nitrogens with zero attached hydrogens (tertiary/aromatic N) is 2. The molecule has 1 aromatic heterocycles. The largest absolute Gasteiger partial charge is 0.468 e. The van der Waals surface area contributed by atoms with Gasteiger partial charge in [0.25, 0.3) is 0 Å². The summed E-state index contributed by atoms with van der Waals surface area (Å²) in [6.45, 7) is 6.42. The number of nitrogens with two attached hydrogens (primary N) is 1. The lowest BCUT2D eigenvalue weighted by atomic mass is 10.2. The van der Waals surface area contributed by atoms with Crippen molar-refractivity contribution in [3.63, 3.8) is 0 Å². The van der Waals surface area contributed by atoms with Crippen LogP contribution in [0.5, 0.6) is 0 Å². The minimum atomic E-state index is 0.323. The fraction of sp³-hybridized carbons (Fsp3) is 0.714. The molecule has 0 unspecified atom stereocenters. The van der Waals surface area contributed by atoms with Gasteiger partial charge in [0.1, 0.15) is 5.76 Å². The van der Waals surface area contributed by atoms with Crippen molar-refractivity contribution < 1.29 is 4.42 Å². The Bertz CT molecular complexity index is 336. The molecule has 0 aliphatic carbocycles. The highest BCUT2D eigenvalue weighted by Gasteiger charge is 2.19. The van der Waals surface area contributed by atoms with Crippen LogP contribution in [0, 0.1) is 0 Å². The fourth-order valence-corrected chi connectivity index (χ4v) is 2.98. The third-order valence-electron chi connectivity index (χ3n) is 3.61. The summed E-state index contributed by atoms with van der Waals surface area (Å²) in [7, 11) is 0. The molecule has 108 valence electrons. The zero-order valence-electron chi connectivity index (χ0n) is 11.8. The molecule has 2 rings (SSSR count). The second-order valence-corrected chi connectivity index (χ2v) is 6.18. The van der Waals surface area contributed by atoms with Gasteiger partial charge in [0.05, 0.1) is 12.8 Å². The third-order valence-corrected chi connectivity index (χ3v) is 4.25. The average molecular weight is 283 g/mol. The number of piperazine rings is 1. The highest BCUT2D eigenvalue weighted by molar-refractivity contribution is 7.98. The SMILES string of the molecule is CSCC[C@H](N)CN1CCN(Cc2ccco2)CC1. The van der Waals surface area contributed by atoms with Gasteiger partial charge >= 0.3 is 0 Å². The van der Waals surface area contributed by atoms with Crippen molar-refractivity contribution in [1.82, 2.24) is 9.80 Å². The van der Waals surface area contributed by atoms with Crippen LogP contribution >= 0.6 is 11.8 Å². The summed E-state index contributed by atoms with van der Waals surface area (Å²) in [5.41, 5.74) is 6.15. The van der Waals surface area contributed by atoms with Gasteiger partial charge in [-0.1, -0.05) is 0 Å². The van der Waals surface area contributed by atoms with Crippen LogP contribution in [0.25, 0.3) is 0 Å². The Balaban J connectivity index is 1.64. The van der Waals surface area contributed by atoms with E-state index in [1.54, 1.807) is 6.26 Å². The predicted molar refractivity (Wildman–Crippen MR) is 81.4 cm³/mol. The predicted octanol–water partition coefficient (Wildman–Crippen LogP) is 1.48. The first-order chi connectivity index (χ1) is 9.28. The molecule has 2 heterocycles. The minimum Gasteiger partial charge on any atom is -0.468 e. The van der Waals surface area contributed by atoms with E-state index in [4.69, 9.17) is 10.2 Å². The van der Waals surface area contributed by atoms with Crippen molar-refractivity contribution in [1.29, 1.82) is 0 Å². The topological polar surface area (TPSA) is 45.6 Å². The van der Waals surface area contributed by atoms with Crippen LogP contribution < -0.4 is 5.73 Å². The van der Waals surface area contributed by atoms with Crippen LogP contribution in [0.3, 0.4) is 0 Å². The summed E-state index contributed by atoms with van der Waals surface area (Å²) < 4.78 is 5.39. The molecule has 0 radical (unpaired) electrons. The molecule has 0 saturated carbocycles. The van der Waals surface area contributed by atoms with Gasteiger partial charge < -0.3 is 10.2 Å². The molecule has 1 saturated heterocycles. The molecule has 4 nitrogen and oxygen atoms in total. The van der Waals surface area contributed by atoms with Gasteiger partial charge in [0.15, 0.2) is 0 Å². The average Bonchev–Trinajstić information content (AvgIpc) is 2.91. The Morgan fingerprint density at radius 2 is 2.05 bits per heavy atom. The number of hydrogen-bond acceptors (Lipinski definition) is 5. The fourth-order valence-electron chi connectivity index (χ4n) is 2.45. The van der Waals surface area contributed by atoms with Gasteiger partial charge in [-0.2, -0.15) is 11.8 Å². The molecular formula is C14H25N3OS. The standard InChI is InChI=1S/C14H25N3OS/c1-19-10-4-13(15)11-16-5-7-17(8-6-16)12-14-3-2-9-18-14/h2-3,9,13H,4-8,10-12,15H2,1H3/t13-/m0/s1. The lowest BCUT2D eigenvalue weighted by Gasteiger charge is -2.35. The van der Waals surface area contributed by atoms with Gasteiger partial charge in [-0.3, -0.25) is 9.80 Å². The summed E-state index contributed by atoms with van der Waals surface area (Å²) in [5, 5.41) is 0. The van der Waals surface area contributed by atoms with E-state index in [0.29, 0.717) is 6.04 Å². The van der Waals surface area contributed by atoms with Gasteiger partial charge in [-0.05, 0) is 30.6 Å². The number of hydrogen-bond donors (Lipinski definition) is 1. The maximum absolute atomic E-state index is 6.15.